The van der Waals surface area contributed by atoms with Gasteiger partial charge in [-0.2, -0.15) is 9.98 Å². The fraction of sp³-hybridized carbons (Fsp3) is 0.235. The summed E-state index contributed by atoms with van der Waals surface area (Å²) in [5.41, 5.74) is 10.6. The van der Waals surface area contributed by atoms with E-state index in [2.05, 4.69) is 86.0 Å². The van der Waals surface area contributed by atoms with E-state index in [0.29, 0.717) is 17.8 Å². The zero-order valence-corrected chi connectivity index (χ0v) is 26.5. The summed E-state index contributed by atoms with van der Waals surface area (Å²) in [7, 11) is 16.1. The third-order valence-corrected chi connectivity index (χ3v) is 7.85. The van der Waals surface area contributed by atoms with Crippen LogP contribution < -0.4 is 25.3 Å². The molecule has 0 aromatic heterocycles. The Balaban J connectivity index is 1.53. The van der Waals surface area contributed by atoms with E-state index in [4.69, 9.17) is 20.0 Å². The summed E-state index contributed by atoms with van der Waals surface area (Å²) in [6, 6.07) is 20.9. The Hall–Kier alpha value is -5.38. The number of nitrogens with zero attached hydrogens (tertiary/aromatic N) is 8. The molecule has 3 aliphatic heterocycles. The molecule has 0 radical (unpaired) electrons. The van der Waals surface area contributed by atoms with Gasteiger partial charge in [-0.05, 0) is 72.8 Å². The minimum atomic E-state index is 0.531. The molecule has 0 bridgehead atoms. The topological polar surface area (TPSA) is 86.5 Å². The van der Waals surface area contributed by atoms with Crippen molar-refractivity contribution >= 4 is 57.6 Å². The molecule has 224 valence electrons. The van der Waals surface area contributed by atoms with E-state index in [9.17, 15) is 0 Å². The van der Waals surface area contributed by atoms with Gasteiger partial charge in [-0.3, -0.25) is 0 Å². The smallest absolute Gasteiger partial charge is 0.239 e. The maximum absolute atomic E-state index is 5.07. The fourth-order valence-corrected chi connectivity index (χ4v) is 5.31. The van der Waals surface area contributed by atoms with Crippen LogP contribution in [0.2, 0.25) is 0 Å². The fourth-order valence-electron chi connectivity index (χ4n) is 5.31. The molecule has 0 atom stereocenters. The molecule has 10 heteroatoms. The molecule has 0 unspecified atom stereocenters. The molecule has 3 aromatic carbocycles. The van der Waals surface area contributed by atoms with Gasteiger partial charge in [0.1, 0.15) is 0 Å². The lowest BCUT2D eigenvalue weighted by atomic mass is 10.0. The quantitative estimate of drug-likeness (QED) is 0.378. The number of benzene rings is 3. The number of nitrogens with one attached hydrogen (secondary N) is 2. The molecule has 44 heavy (non-hydrogen) atoms. The predicted molar refractivity (Wildman–Crippen MR) is 187 cm³/mol. The number of aliphatic imine (C=N–C) groups is 4. The molecule has 0 fully saturated rings. The third-order valence-electron chi connectivity index (χ3n) is 7.85. The first kappa shape index (κ1) is 28.7. The van der Waals surface area contributed by atoms with Crippen molar-refractivity contribution in [1.82, 2.24) is 4.90 Å². The largest absolute Gasteiger partial charge is 0.388 e. The van der Waals surface area contributed by atoms with Gasteiger partial charge in [0, 0.05) is 102 Å². The predicted octanol–water partition coefficient (Wildman–Crippen LogP) is 5.18. The molecule has 3 aliphatic rings. The lowest BCUT2D eigenvalue weighted by Crippen LogP contribution is -2.42. The highest BCUT2D eigenvalue weighted by Gasteiger charge is 2.34. The van der Waals surface area contributed by atoms with Gasteiger partial charge < -0.3 is 25.3 Å². The van der Waals surface area contributed by atoms with E-state index in [1.807, 2.05) is 73.4 Å². The first-order chi connectivity index (χ1) is 21.2. The first-order valence-electron chi connectivity index (χ1n) is 14.5. The summed E-state index contributed by atoms with van der Waals surface area (Å²) >= 11 is 0. The molecular weight excluding hydrogens is 548 g/mol. The van der Waals surface area contributed by atoms with E-state index in [0.717, 1.165) is 62.2 Å². The maximum Gasteiger partial charge on any atom is 0.239 e. The normalized spacial score (nSPS) is 15.1. The minimum absolute atomic E-state index is 0.531. The number of anilines is 5. The number of hydrogen-bond acceptors (Lipinski definition) is 10. The van der Waals surface area contributed by atoms with Crippen LogP contribution in [0.3, 0.4) is 0 Å². The van der Waals surface area contributed by atoms with Crippen LogP contribution in [0.15, 0.2) is 98.5 Å². The van der Waals surface area contributed by atoms with Crippen molar-refractivity contribution in [3.63, 3.8) is 0 Å². The Morgan fingerprint density at radius 3 is 1.70 bits per heavy atom. The lowest BCUT2D eigenvalue weighted by Gasteiger charge is -2.33. The van der Waals surface area contributed by atoms with Crippen LogP contribution in [0, 0.1) is 0 Å². The van der Waals surface area contributed by atoms with Gasteiger partial charge in [0.2, 0.25) is 11.9 Å². The summed E-state index contributed by atoms with van der Waals surface area (Å²) in [5, 5.41) is 6.72. The van der Waals surface area contributed by atoms with Crippen molar-refractivity contribution in [1.29, 1.82) is 0 Å². The lowest BCUT2D eigenvalue weighted by molar-refractivity contribution is 0.736. The van der Waals surface area contributed by atoms with Crippen LogP contribution in [0.1, 0.15) is 16.7 Å². The van der Waals surface area contributed by atoms with Crippen LogP contribution >= 0.6 is 0 Å². The van der Waals surface area contributed by atoms with Crippen molar-refractivity contribution in [3.05, 3.63) is 95.2 Å². The second kappa shape index (κ2) is 11.4. The molecule has 0 spiro atoms. The van der Waals surface area contributed by atoms with Crippen molar-refractivity contribution in [2.24, 2.45) is 20.0 Å². The molecule has 0 saturated heterocycles. The summed E-state index contributed by atoms with van der Waals surface area (Å²) in [4.78, 5) is 28.2. The molecular formula is C34H38N10. The van der Waals surface area contributed by atoms with Crippen molar-refractivity contribution in [2.75, 3.05) is 81.7 Å². The zero-order valence-electron chi connectivity index (χ0n) is 26.5. The Kier molecular flexibility index (Phi) is 7.42. The van der Waals surface area contributed by atoms with Gasteiger partial charge >= 0.3 is 0 Å². The SMILES string of the molecule is CNc1cc(N(C)C)ccc1C1=CC2=CC(c3ccc(N(C)C)cc3NC)=NC3=NC(c4ccc(N(C)C)cc4)=NC(=N1)N23. The van der Waals surface area contributed by atoms with E-state index in [-0.39, 0.29) is 0 Å². The van der Waals surface area contributed by atoms with E-state index < -0.39 is 0 Å². The molecule has 2 N–H and O–H groups in total. The van der Waals surface area contributed by atoms with E-state index in [1.165, 1.54) is 0 Å². The molecule has 6 rings (SSSR count). The third kappa shape index (κ3) is 5.19. The second-order valence-electron chi connectivity index (χ2n) is 11.4. The number of amidine groups is 1. The summed E-state index contributed by atoms with van der Waals surface area (Å²) < 4.78 is 0. The molecule has 0 saturated carbocycles. The maximum atomic E-state index is 5.07. The molecule has 3 heterocycles. The molecule has 10 nitrogen and oxygen atoms in total. The van der Waals surface area contributed by atoms with Gasteiger partial charge in [-0.25, -0.2) is 14.9 Å². The van der Waals surface area contributed by atoms with Gasteiger partial charge in [-0.15, -0.1) is 0 Å². The van der Waals surface area contributed by atoms with Crippen molar-refractivity contribution < 1.29 is 0 Å². The van der Waals surface area contributed by atoms with Gasteiger partial charge in [-0.1, -0.05) is 0 Å². The highest BCUT2D eigenvalue weighted by Crippen LogP contribution is 2.36. The monoisotopic (exact) mass is 586 g/mol. The van der Waals surface area contributed by atoms with Crippen LogP contribution in [-0.2, 0) is 0 Å². The number of rotatable bonds is 8. The van der Waals surface area contributed by atoms with Crippen LogP contribution in [-0.4, -0.2) is 84.7 Å². The van der Waals surface area contributed by atoms with Gasteiger partial charge in [0.05, 0.1) is 17.1 Å². The van der Waals surface area contributed by atoms with Gasteiger partial charge in [0.25, 0.3) is 0 Å². The number of hydrogen-bond donors (Lipinski definition) is 2. The molecule has 0 aliphatic carbocycles. The average molecular weight is 587 g/mol. The van der Waals surface area contributed by atoms with E-state index >= 15 is 0 Å². The molecule has 0 amide bonds. The van der Waals surface area contributed by atoms with Gasteiger partial charge in [0.15, 0.2) is 5.84 Å². The highest BCUT2D eigenvalue weighted by atomic mass is 15.4. The van der Waals surface area contributed by atoms with Crippen molar-refractivity contribution in [3.8, 4) is 0 Å². The number of guanidine groups is 2. The minimum Gasteiger partial charge on any atom is -0.388 e. The Morgan fingerprint density at radius 2 is 1.11 bits per heavy atom. The average Bonchev–Trinajstić information content (AvgIpc) is 3.03. The zero-order chi connectivity index (χ0) is 31.1. The summed E-state index contributed by atoms with van der Waals surface area (Å²) in [6.45, 7) is 0. The summed E-state index contributed by atoms with van der Waals surface area (Å²) in [5.74, 6) is 1.63. The second-order valence-corrected chi connectivity index (χ2v) is 11.4. The van der Waals surface area contributed by atoms with E-state index in [1.54, 1.807) is 0 Å². The van der Waals surface area contributed by atoms with Crippen molar-refractivity contribution in [2.45, 2.75) is 0 Å². The van der Waals surface area contributed by atoms with Crippen LogP contribution in [0.25, 0.3) is 5.70 Å². The molecule has 3 aromatic rings. The standard InChI is InChI=1S/C34H38N10/c1-35-28-17-23(42(5)6)13-15-26(28)30-19-25-20-31(27-16-14-24(43(7)8)18-29(27)36-2)38-34-40-32(39-33(37-30)44(25)34)21-9-11-22(12-10-21)41(3)4/h9-20,35-36H,1-8H3. The first-order valence-corrected chi connectivity index (χ1v) is 14.5. The number of allylic oxidation sites excluding steroid dienone is 2. The Bertz CT molecular complexity index is 1740. The van der Waals surface area contributed by atoms with Crippen LogP contribution in [0.4, 0.5) is 28.4 Å². The Labute approximate surface area is 259 Å². The Morgan fingerprint density at radius 1 is 0.568 bits per heavy atom. The summed E-state index contributed by atoms with van der Waals surface area (Å²) in [6.07, 6.45) is 4.16. The van der Waals surface area contributed by atoms with Crippen LogP contribution in [0.5, 0.6) is 0 Å². The highest BCUT2D eigenvalue weighted by molar-refractivity contribution is 6.27.